The summed E-state index contributed by atoms with van der Waals surface area (Å²) in [6, 6.07) is 12.3. The molecule has 2 N–H and O–H groups in total. The van der Waals surface area contributed by atoms with Gasteiger partial charge in [0.2, 0.25) is 0 Å². The number of fused-ring (bicyclic) bond motifs is 1. The van der Waals surface area contributed by atoms with Gasteiger partial charge in [-0.3, -0.25) is 9.59 Å². The van der Waals surface area contributed by atoms with Crippen LogP contribution >= 0.6 is 34.5 Å². The van der Waals surface area contributed by atoms with Crippen LogP contribution in [0.15, 0.2) is 54.9 Å². The second-order valence-electron chi connectivity index (χ2n) is 6.38. The van der Waals surface area contributed by atoms with Gasteiger partial charge in [-0.25, -0.2) is 15.0 Å². The number of para-hydroxylation sites is 1. The summed E-state index contributed by atoms with van der Waals surface area (Å²) in [7, 11) is 0. The van der Waals surface area contributed by atoms with Crippen molar-refractivity contribution >= 4 is 56.6 Å². The lowest BCUT2D eigenvalue weighted by atomic mass is 10.2. The van der Waals surface area contributed by atoms with Crippen LogP contribution in [0.25, 0.3) is 20.9 Å². The molecule has 2 amide bonds. The molecule has 0 unspecified atom stereocenters. The van der Waals surface area contributed by atoms with Crippen molar-refractivity contribution in [2.75, 3.05) is 13.1 Å². The summed E-state index contributed by atoms with van der Waals surface area (Å²) in [6.45, 7) is 0.434. The molecule has 156 valence electrons. The molecule has 4 aromatic rings. The third kappa shape index (κ3) is 4.82. The molecule has 0 saturated carbocycles. The van der Waals surface area contributed by atoms with Crippen molar-refractivity contribution in [3.8, 4) is 10.7 Å². The molecule has 0 bridgehead atoms. The van der Waals surface area contributed by atoms with Crippen molar-refractivity contribution in [2.24, 2.45) is 0 Å². The highest BCUT2D eigenvalue weighted by molar-refractivity contribution is 7.21. The Balaban J connectivity index is 1.39. The molecule has 0 atom stereocenters. The number of aromatic nitrogens is 3. The topological polar surface area (TPSA) is 96.9 Å². The molecule has 2 aromatic heterocycles. The maximum absolute atomic E-state index is 12.7. The lowest BCUT2D eigenvalue weighted by molar-refractivity contribution is 0.0925. The third-order valence-corrected chi connectivity index (χ3v) is 6.07. The van der Waals surface area contributed by atoms with Crippen molar-refractivity contribution in [1.82, 2.24) is 25.6 Å². The highest BCUT2D eigenvalue weighted by Crippen LogP contribution is 2.30. The number of nitrogens with one attached hydrogen (secondary N) is 2. The minimum absolute atomic E-state index is 0.178. The van der Waals surface area contributed by atoms with Gasteiger partial charge in [0.05, 0.1) is 20.3 Å². The Morgan fingerprint density at radius 2 is 1.65 bits per heavy atom. The average Bonchev–Trinajstić information content (AvgIpc) is 3.22. The summed E-state index contributed by atoms with van der Waals surface area (Å²) in [4.78, 5) is 37.9. The predicted molar refractivity (Wildman–Crippen MR) is 122 cm³/mol. The van der Waals surface area contributed by atoms with E-state index in [0.29, 0.717) is 26.3 Å². The van der Waals surface area contributed by atoms with Gasteiger partial charge in [0.15, 0.2) is 5.69 Å². The molecule has 0 aliphatic carbocycles. The van der Waals surface area contributed by atoms with Crippen molar-refractivity contribution in [3.63, 3.8) is 0 Å². The lowest BCUT2D eigenvalue weighted by Gasteiger charge is -2.09. The van der Waals surface area contributed by atoms with E-state index in [4.69, 9.17) is 23.2 Å². The molecule has 0 fully saturated rings. The molecule has 0 aliphatic heterocycles. The second-order valence-corrected chi connectivity index (χ2v) is 8.23. The van der Waals surface area contributed by atoms with Crippen LogP contribution in [0.2, 0.25) is 10.0 Å². The number of carbonyl (C=O) groups excluding carboxylic acids is 2. The number of amides is 2. The SMILES string of the molecule is O=C(NCCNC(=O)c1nccnc1-c1nc2ccccc2s1)c1ccc(Cl)c(Cl)c1. The number of benzene rings is 2. The van der Waals surface area contributed by atoms with Crippen LogP contribution in [0.4, 0.5) is 0 Å². The molecule has 0 saturated heterocycles. The highest BCUT2D eigenvalue weighted by Gasteiger charge is 2.18. The van der Waals surface area contributed by atoms with Gasteiger partial charge in [-0.05, 0) is 30.3 Å². The van der Waals surface area contributed by atoms with Crippen LogP contribution < -0.4 is 10.6 Å². The standard InChI is InChI=1S/C21H15Cl2N5O2S/c22-13-6-5-12(11-14(13)23)19(29)26-9-10-27-20(30)17-18(25-8-7-24-17)21-28-15-3-1-2-4-16(15)31-21/h1-8,11H,9-10H2,(H,26,29)(H,27,30). The van der Waals surface area contributed by atoms with E-state index in [1.54, 1.807) is 12.1 Å². The summed E-state index contributed by atoms with van der Waals surface area (Å²) in [5.41, 5.74) is 1.82. The van der Waals surface area contributed by atoms with Gasteiger partial charge in [0.1, 0.15) is 10.7 Å². The number of thiazole rings is 1. The Kier molecular flexibility index (Phi) is 6.41. The van der Waals surface area contributed by atoms with Crippen LogP contribution in [-0.2, 0) is 0 Å². The molecular weight excluding hydrogens is 457 g/mol. The maximum atomic E-state index is 12.7. The Morgan fingerprint density at radius 3 is 2.42 bits per heavy atom. The second kappa shape index (κ2) is 9.38. The number of hydrogen-bond acceptors (Lipinski definition) is 6. The van der Waals surface area contributed by atoms with Crippen LogP contribution in [-0.4, -0.2) is 39.9 Å². The summed E-state index contributed by atoms with van der Waals surface area (Å²) < 4.78 is 1.000. The average molecular weight is 472 g/mol. The maximum Gasteiger partial charge on any atom is 0.272 e. The first-order chi connectivity index (χ1) is 15.0. The van der Waals surface area contributed by atoms with Gasteiger partial charge in [0, 0.05) is 31.0 Å². The van der Waals surface area contributed by atoms with Gasteiger partial charge in [-0.15, -0.1) is 11.3 Å². The summed E-state index contributed by atoms with van der Waals surface area (Å²) in [5, 5.41) is 6.75. The Hall–Kier alpha value is -3.07. The van der Waals surface area contributed by atoms with E-state index in [-0.39, 0.29) is 24.7 Å². The van der Waals surface area contributed by atoms with Gasteiger partial charge in [-0.1, -0.05) is 35.3 Å². The number of rotatable bonds is 6. The monoisotopic (exact) mass is 471 g/mol. The zero-order chi connectivity index (χ0) is 21.8. The van der Waals surface area contributed by atoms with E-state index in [1.165, 1.54) is 29.8 Å². The molecule has 0 aliphatic rings. The first-order valence-corrected chi connectivity index (χ1v) is 10.8. The van der Waals surface area contributed by atoms with E-state index in [9.17, 15) is 9.59 Å². The smallest absolute Gasteiger partial charge is 0.272 e. The normalized spacial score (nSPS) is 10.8. The molecule has 2 heterocycles. The first kappa shape index (κ1) is 21.2. The van der Waals surface area contributed by atoms with E-state index >= 15 is 0 Å². The minimum atomic E-state index is -0.397. The largest absolute Gasteiger partial charge is 0.350 e. The zero-order valence-corrected chi connectivity index (χ0v) is 18.3. The summed E-state index contributed by atoms with van der Waals surface area (Å²) in [5.74, 6) is -0.714. The quantitative estimate of drug-likeness (QED) is 0.410. The number of hydrogen-bond donors (Lipinski definition) is 2. The van der Waals surface area contributed by atoms with E-state index < -0.39 is 5.91 Å². The fourth-order valence-corrected chi connectivity index (χ4v) is 4.07. The first-order valence-electron chi connectivity index (χ1n) is 9.21. The minimum Gasteiger partial charge on any atom is -0.350 e. The van der Waals surface area contributed by atoms with Crippen LogP contribution in [0, 0.1) is 0 Å². The van der Waals surface area contributed by atoms with E-state index in [2.05, 4.69) is 25.6 Å². The van der Waals surface area contributed by atoms with Gasteiger partial charge >= 0.3 is 0 Å². The molecular formula is C21H15Cl2N5O2S. The number of halogens is 2. The highest BCUT2D eigenvalue weighted by atomic mass is 35.5. The van der Waals surface area contributed by atoms with E-state index in [1.807, 2.05) is 24.3 Å². The fraction of sp³-hybridized carbons (Fsp3) is 0.0952. The Bertz CT molecular complexity index is 1240. The number of carbonyl (C=O) groups is 2. The van der Waals surface area contributed by atoms with Crippen molar-refractivity contribution in [3.05, 3.63) is 76.2 Å². The van der Waals surface area contributed by atoms with Gasteiger partial charge in [0.25, 0.3) is 11.8 Å². The Morgan fingerprint density at radius 1 is 0.903 bits per heavy atom. The van der Waals surface area contributed by atoms with Crippen molar-refractivity contribution < 1.29 is 9.59 Å². The molecule has 7 nitrogen and oxygen atoms in total. The van der Waals surface area contributed by atoms with Crippen LogP contribution in [0.5, 0.6) is 0 Å². The summed E-state index contributed by atoms with van der Waals surface area (Å²) >= 11 is 13.2. The zero-order valence-electron chi connectivity index (χ0n) is 15.9. The van der Waals surface area contributed by atoms with E-state index in [0.717, 1.165) is 10.2 Å². The molecule has 0 radical (unpaired) electrons. The lowest BCUT2D eigenvalue weighted by Crippen LogP contribution is -2.35. The molecule has 31 heavy (non-hydrogen) atoms. The molecule has 4 rings (SSSR count). The van der Waals surface area contributed by atoms with Crippen LogP contribution in [0.1, 0.15) is 20.8 Å². The van der Waals surface area contributed by atoms with Gasteiger partial charge < -0.3 is 10.6 Å². The van der Waals surface area contributed by atoms with Crippen LogP contribution in [0.3, 0.4) is 0 Å². The fourth-order valence-electron chi connectivity index (χ4n) is 2.81. The molecule has 0 spiro atoms. The third-order valence-electron chi connectivity index (χ3n) is 4.29. The van der Waals surface area contributed by atoms with Crippen molar-refractivity contribution in [2.45, 2.75) is 0 Å². The predicted octanol–water partition coefficient (Wildman–Crippen LogP) is 4.22. The number of nitrogens with zero attached hydrogens (tertiary/aromatic N) is 3. The molecule has 10 heteroatoms. The molecule has 2 aromatic carbocycles. The summed E-state index contributed by atoms with van der Waals surface area (Å²) in [6.07, 6.45) is 2.98. The van der Waals surface area contributed by atoms with Crippen molar-refractivity contribution in [1.29, 1.82) is 0 Å². The van der Waals surface area contributed by atoms with Gasteiger partial charge in [-0.2, -0.15) is 0 Å². The Labute approximate surface area is 191 Å².